The standard InChI is InChI=1S/C23H24N2O4/c1-16-4-3-5-20(17(16)2)24-10-12-25(13-11-24)22(26)15-28-19-8-6-18-7-9-23(27)29-21(18)14-19/h3-9,14H,10-13,15H2,1-2H3. The van der Waals surface area contributed by atoms with Crippen LogP contribution < -0.4 is 15.3 Å². The highest BCUT2D eigenvalue weighted by Gasteiger charge is 2.22. The third-order valence-electron chi connectivity index (χ3n) is 5.51. The number of benzene rings is 2. The zero-order chi connectivity index (χ0) is 20.4. The van der Waals surface area contributed by atoms with Crippen LogP contribution in [0.1, 0.15) is 11.1 Å². The van der Waals surface area contributed by atoms with E-state index in [1.54, 1.807) is 24.3 Å². The van der Waals surface area contributed by atoms with Crippen LogP contribution in [0.15, 0.2) is 57.7 Å². The van der Waals surface area contributed by atoms with Crippen LogP contribution in [0.2, 0.25) is 0 Å². The lowest BCUT2D eigenvalue weighted by atomic mass is 10.1. The van der Waals surface area contributed by atoms with Crippen molar-refractivity contribution in [3.63, 3.8) is 0 Å². The maximum Gasteiger partial charge on any atom is 0.336 e. The summed E-state index contributed by atoms with van der Waals surface area (Å²) in [6.07, 6.45) is 0. The molecule has 1 saturated heterocycles. The number of fused-ring (bicyclic) bond motifs is 1. The fourth-order valence-corrected chi connectivity index (χ4v) is 3.64. The van der Waals surface area contributed by atoms with Gasteiger partial charge in [0.15, 0.2) is 6.61 Å². The molecule has 2 aromatic carbocycles. The molecule has 2 heterocycles. The van der Waals surface area contributed by atoms with Gasteiger partial charge in [0.05, 0.1) is 0 Å². The number of hydrogen-bond donors (Lipinski definition) is 0. The second kappa shape index (κ2) is 7.99. The Hall–Kier alpha value is -3.28. The Labute approximate surface area is 169 Å². The third kappa shape index (κ3) is 4.11. The number of rotatable bonds is 4. The number of anilines is 1. The summed E-state index contributed by atoms with van der Waals surface area (Å²) in [5.74, 6) is 0.467. The van der Waals surface area contributed by atoms with Crippen LogP contribution in [0, 0.1) is 13.8 Å². The van der Waals surface area contributed by atoms with Crippen molar-refractivity contribution in [3.8, 4) is 5.75 Å². The number of hydrogen-bond acceptors (Lipinski definition) is 5. The van der Waals surface area contributed by atoms with Crippen molar-refractivity contribution in [2.75, 3.05) is 37.7 Å². The van der Waals surface area contributed by atoms with Crippen LogP contribution >= 0.6 is 0 Å². The lowest BCUT2D eigenvalue weighted by Crippen LogP contribution is -2.50. The average molecular weight is 392 g/mol. The van der Waals surface area contributed by atoms with Crippen molar-refractivity contribution >= 4 is 22.6 Å². The quantitative estimate of drug-likeness (QED) is 0.639. The zero-order valence-electron chi connectivity index (χ0n) is 16.7. The maximum absolute atomic E-state index is 12.6. The summed E-state index contributed by atoms with van der Waals surface area (Å²) in [5, 5.41) is 0.811. The largest absolute Gasteiger partial charge is 0.484 e. The van der Waals surface area contributed by atoms with Gasteiger partial charge in [-0.2, -0.15) is 0 Å². The Morgan fingerprint density at radius 3 is 2.59 bits per heavy atom. The number of carbonyl (C=O) groups excluding carboxylic acids is 1. The lowest BCUT2D eigenvalue weighted by Gasteiger charge is -2.37. The minimum Gasteiger partial charge on any atom is -0.484 e. The Kier molecular flexibility index (Phi) is 5.25. The van der Waals surface area contributed by atoms with Gasteiger partial charge in [0, 0.05) is 49.4 Å². The van der Waals surface area contributed by atoms with Gasteiger partial charge in [-0.3, -0.25) is 4.79 Å². The van der Waals surface area contributed by atoms with Gasteiger partial charge in [-0.05, 0) is 49.2 Å². The van der Waals surface area contributed by atoms with Crippen LogP contribution in [0.3, 0.4) is 0 Å². The maximum atomic E-state index is 12.6. The molecule has 0 saturated carbocycles. The summed E-state index contributed by atoms with van der Waals surface area (Å²) in [4.78, 5) is 28.1. The van der Waals surface area contributed by atoms with Crippen LogP contribution in [0.25, 0.3) is 11.0 Å². The summed E-state index contributed by atoms with van der Waals surface area (Å²) in [7, 11) is 0. The molecule has 0 N–H and O–H groups in total. The molecule has 1 amide bonds. The van der Waals surface area contributed by atoms with Gasteiger partial charge < -0.3 is 19.0 Å². The second-order valence-corrected chi connectivity index (χ2v) is 7.33. The summed E-state index contributed by atoms with van der Waals surface area (Å²) < 4.78 is 10.8. The highest BCUT2D eigenvalue weighted by atomic mass is 16.5. The molecule has 150 valence electrons. The fraction of sp³-hybridized carbons (Fsp3) is 0.304. The molecule has 0 radical (unpaired) electrons. The zero-order valence-corrected chi connectivity index (χ0v) is 16.7. The second-order valence-electron chi connectivity index (χ2n) is 7.33. The summed E-state index contributed by atoms with van der Waals surface area (Å²) in [6, 6.07) is 14.6. The molecule has 3 aromatic rings. The van der Waals surface area contributed by atoms with Crippen molar-refractivity contribution in [1.82, 2.24) is 4.90 Å². The average Bonchev–Trinajstić information content (AvgIpc) is 2.74. The molecule has 0 atom stereocenters. The molecule has 0 bridgehead atoms. The Bertz CT molecular complexity index is 1100. The highest BCUT2D eigenvalue weighted by Crippen LogP contribution is 2.24. The number of aryl methyl sites for hydroxylation is 1. The molecule has 1 aliphatic heterocycles. The third-order valence-corrected chi connectivity index (χ3v) is 5.51. The summed E-state index contributed by atoms with van der Waals surface area (Å²) >= 11 is 0. The molecule has 6 nitrogen and oxygen atoms in total. The molecule has 1 aliphatic rings. The first-order chi connectivity index (χ1) is 14.0. The van der Waals surface area contributed by atoms with Gasteiger partial charge in [-0.1, -0.05) is 12.1 Å². The number of carbonyl (C=O) groups is 1. The van der Waals surface area contributed by atoms with E-state index in [4.69, 9.17) is 9.15 Å². The molecule has 0 spiro atoms. The molecular formula is C23H24N2O4. The number of nitrogens with zero attached hydrogens (tertiary/aromatic N) is 2. The topological polar surface area (TPSA) is 63.0 Å². The molecule has 6 heteroatoms. The van der Waals surface area contributed by atoms with Crippen molar-refractivity contribution < 1.29 is 13.9 Å². The van der Waals surface area contributed by atoms with Gasteiger partial charge in [0.25, 0.3) is 5.91 Å². The monoisotopic (exact) mass is 392 g/mol. The normalized spacial score (nSPS) is 14.3. The first-order valence-electron chi connectivity index (χ1n) is 9.77. The lowest BCUT2D eigenvalue weighted by molar-refractivity contribution is -0.133. The van der Waals surface area contributed by atoms with E-state index in [2.05, 4.69) is 36.9 Å². The minimum absolute atomic E-state index is 0.0357. The Morgan fingerprint density at radius 1 is 1.03 bits per heavy atom. The van der Waals surface area contributed by atoms with E-state index in [0.29, 0.717) is 24.4 Å². The molecule has 1 aromatic heterocycles. The molecule has 1 fully saturated rings. The summed E-state index contributed by atoms with van der Waals surface area (Å²) in [6.45, 7) is 7.17. The van der Waals surface area contributed by atoms with Crippen LogP contribution in [-0.4, -0.2) is 43.6 Å². The van der Waals surface area contributed by atoms with E-state index in [9.17, 15) is 9.59 Å². The Morgan fingerprint density at radius 2 is 1.79 bits per heavy atom. The Balaban J connectivity index is 1.34. The molecule has 0 aliphatic carbocycles. The first-order valence-corrected chi connectivity index (χ1v) is 9.77. The van der Waals surface area contributed by atoms with Crippen molar-refractivity contribution in [2.24, 2.45) is 0 Å². The summed E-state index contributed by atoms with van der Waals surface area (Å²) in [5.41, 5.74) is 3.85. The van der Waals surface area contributed by atoms with Crippen molar-refractivity contribution in [3.05, 3.63) is 70.1 Å². The SMILES string of the molecule is Cc1cccc(N2CCN(C(=O)COc3ccc4ccc(=O)oc4c3)CC2)c1C. The predicted molar refractivity (Wildman–Crippen MR) is 113 cm³/mol. The van der Waals surface area contributed by atoms with Crippen LogP contribution in [0.4, 0.5) is 5.69 Å². The van der Waals surface area contributed by atoms with E-state index in [1.165, 1.54) is 22.9 Å². The molecule has 0 unspecified atom stereocenters. The predicted octanol–water partition coefficient (Wildman–Crippen LogP) is 3.14. The van der Waals surface area contributed by atoms with Crippen molar-refractivity contribution in [1.29, 1.82) is 0 Å². The molecular weight excluding hydrogens is 368 g/mol. The van der Waals surface area contributed by atoms with Gasteiger partial charge in [-0.25, -0.2) is 4.79 Å². The highest BCUT2D eigenvalue weighted by molar-refractivity contribution is 5.79. The van der Waals surface area contributed by atoms with E-state index < -0.39 is 5.63 Å². The van der Waals surface area contributed by atoms with Gasteiger partial charge >= 0.3 is 5.63 Å². The smallest absolute Gasteiger partial charge is 0.336 e. The van der Waals surface area contributed by atoms with Crippen molar-refractivity contribution in [2.45, 2.75) is 13.8 Å². The number of piperazine rings is 1. The molecule has 4 rings (SSSR count). The van der Waals surface area contributed by atoms with E-state index in [-0.39, 0.29) is 12.5 Å². The fourth-order valence-electron chi connectivity index (χ4n) is 3.64. The minimum atomic E-state index is -0.410. The number of amides is 1. The van der Waals surface area contributed by atoms with E-state index >= 15 is 0 Å². The van der Waals surface area contributed by atoms with Crippen LogP contribution in [-0.2, 0) is 4.79 Å². The molecule has 29 heavy (non-hydrogen) atoms. The van der Waals surface area contributed by atoms with E-state index in [1.807, 2.05) is 4.90 Å². The van der Waals surface area contributed by atoms with Gasteiger partial charge in [0.2, 0.25) is 0 Å². The first kappa shape index (κ1) is 19.1. The van der Waals surface area contributed by atoms with Gasteiger partial charge in [0.1, 0.15) is 11.3 Å². The number of ether oxygens (including phenoxy) is 1. The van der Waals surface area contributed by atoms with Gasteiger partial charge in [-0.15, -0.1) is 0 Å². The van der Waals surface area contributed by atoms with Crippen LogP contribution in [0.5, 0.6) is 5.75 Å². The van der Waals surface area contributed by atoms with E-state index in [0.717, 1.165) is 18.5 Å².